The van der Waals surface area contributed by atoms with Crippen molar-refractivity contribution in [3.8, 4) is 0 Å². The van der Waals surface area contributed by atoms with Gasteiger partial charge in [-0.15, -0.1) is 0 Å². The number of nitrogens with zero attached hydrogens (tertiary/aromatic N) is 3. The second kappa shape index (κ2) is 5.06. The molecule has 2 aliphatic heterocycles. The normalized spacial score (nSPS) is 20.1. The summed E-state index contributed by atoms with van der Waals surface area (Å²) in [5.74, 6) is 1.10. The lowest BCUT2D eigenvalue weighted by Crippen LogP contribution is -2.37. The summed E-state index contributed by atoms with van der Waals surface area (Å²) >= 11 is 0. The Morgan fingerprint density at radius 1 is 1.28 bits per heavy atom. The van der Waals surface area contributed by atoms with E-state index in [0.717, 1.165) is 45.1 Å². The van der Waals surface area contributed by atoms with Gasteiger partial charge in [0.25, 0.3) is 0 Å². The Labute approximate surface area is 108 Å². The largest absolute Gasteiger partial charge is 0.378 e. The second-order valence-electron chi connectivity index (χ2n) is 4.90. The van der Waals surface area contributed by atoms with Crippen LogP contribution in [0.25, 0.3) is 0 Å². The van der Waals surface area contributed by atoms with E-state index in [9.17, 15) is 0 Å². The van der Waals surface area contributed by atoms with Crippen LogP contribution in [0.2, 0.25) is 0 Å². The first-order valence-corrected chi connectivity index (χ1v) is 6.67. The predicted octanol–water partition coefficient (Wildman–Crippen LogP) is 1.81. The van der Waals surface area contributed by atoms with E-state index in [0.29, 0.717) is 0 Å². The summed E-state index contributed by atoms with van der Waals surface area (Å²) in [6.07, 6.45) is 4.25. The standard InChI is InChI=1S/C14H19N3O/c1-11-9-12(13-3-2-4-15-13)10-16-14(11)17-5-7-18-8-6-17/h9-10H,2-8H2,1H3. The molecule has 0 saturated carbocycles. The molecule has 0 radical (unpaired) electrons. The van der Waals surface area contributed by atoms with E-state index in [1.807, 2.05) is 6.20 Å². The summed E-state index contributed by atoms with van der Waals surface area (Å²) in [6, 6.07) is 2.22. The van der Waals surface area contributed by atoms with Gasteiger partial charge in [-0.2, -0.15) is 0 Å². The molecule has 3 rings (SSSR count). The molecule has 18 heavy (non-hydrogen) atoms. The van der Waals surface area contributed by atoms with Crippen molar-refractivity contribution in [3.63, 3.8) is 0 Å². The highest BCUT2D eigenvalue weighted by molar-refractivity contribution is 6.01. The van der Waals surface area contributed by atoms with Gasteiger partial charge < -0.3 is 9.64 Å². The Morgan fingerprint density at radius 3 is 2.78 bits per heavy atom. The van der Waals surface area contributed by atoms with Gasteiger partial charge in [0.15, 0.2) is 0 Å². The lowest BCUT2D eigenvalue weighted by atomic mass is 10.1. The molecule has 0 amide bonds. The lowest BCUT2D eigenvalue weighted by molar-refractivity contribution is 0.122. The lowest BCUT2D eigenvalue weighted by Gasteiger charge is -2.29. The first-order valence-electron chi connectivity index (χ1n) is 6.67. The molecule has 1 saturated heterocycles. The van der Waals surface area contributed by atoms with Crippen molar-refractivity contribution >= 4 is 11.5 Å². The van der Waals surface area contributed by atoms with Gasteiger partial charge in [0, 0.05) is 37.1 Å². The maximum absolute atomic E-state index is 5.38. The second-order valence-corrected chi connectivity index (χ2v) is 4.90. The molecule has 3 heterocycles. The van der Waals surface area contributed by atoms with E-state index in [1.165, 1.54) is 23.3 Å². The van der Waals surface area contributed by atoms with Gasteiger partial charge in [0.2, 0.25) is 0 Å². The summed E-state index contributed by atoms with van der Waals surface area (Å²) in [7, 11) is 0. The van der Waals surface area contributed by atoms with Crippen LogP contribution >= 0.6 is 0 Å². The molecule has 4 nitrogen and oxygen atoms in total. The highest BCUT2D eigenvalue weighted by Crippen LogP contribution is 2.21. The topological polar surface area (TPSA) is 37.7 Å². The van der Waals surface area contributed by atoms with E-state index < -0.39 is 0 Å². The first kappa shape index (κ1) is 11.7. The highest BCUT2D eigenvalue weighted by atomic mass is 16.5. The summed E-state index contributed by atoms with van der Waals surface area (Å²) in [5.41, 5.74) is 3.66. The molecule has 0 N–H and O–H groups in total. The van der Waals surface area contributed by atoms with Crippen molar-refractivity contribution in [3.05, 3.63) is 23.4 Å². The predicted molar refractivity (Wildman–Crippen MR) is 72.6 cm³/mol. The third-order valence-corrected chi connectivity index (χ3v) is 3.57. The Bertz CT molecular complexity index is 464. The smallest absolute Gasteiger partial charge is 0.131 e. The van der Waals surface area contributed by atoms with Gasteiger partial charge in [-0.05, 0) is 31.4 Å². The van der Waals surface area contributed by atoms with Crippen LogP contribution in [-0.4, -0.2) is 43.5 Å². The molecule has 2 aliphatic rings. The van der Waals surface area contributed by atoms with E-state index in [4.69, 9.17) is 4.74 Å². The van der Waals surface area contributed by atoms with Crippen molar-refractivity contribution in [2.45, 2.75) is 19.8 Å². The summed E-state index contributed by atoms with van der Waals surface area (Å²) in [4.78, 5) is 11.5. The number of aryl methyl sites for hydroxylation is 1. The summed E-state index contributed by atoms with van der Waals surface area (Å²) in [5, 5.41) is 0. The molecule has 0 unspecified atom stereocenters. The number of morpholine rings is 1. The molecular weight excluding hydrogens is 226 g/mol. The van der Waals surface area contributed by atoms with Gasteiger partial charge in [0.05, 0.1) is 13.2 Å². The number of hydrogen-bond donors (Lipinski definition) is 0. The maximum atomic E-state index is 5.38. The van der Waals surface area contributed by atoms with Crippen molar-refractivity contribution in [2.75, 3.05) is 37.7 Å². The number of anilines is 1. The van der Waals surface area contributed by atoms with Crippen LogP contribution in [0.1, 0.15) is 24.0 Å². The van der Waals surface area contributed by atoms with E-state index >= 15 is 0 Å². The van der Waals surface area contributed by atoms with Gasteiger partial charge >= 0.3 is 0 Å². The molecule has 4 heteroatoms. The van der Waals surface area contributed by atoms with Crippen LogP contribution in [0, 0.1) is 6.92 Å². The molecule has 1 aromatic rings. The van der Waals surface area contributed by atoms with Crippen LogP contribution in [0.3, 0.4) is 0 Å². The molecule has 0 bridgehead atoms. The molecule has 0 spiro atoms. The van der Waals surface area contributed by atoms with Gasteiger partial charge in [-0.3, -0.25) is 4.99 Å². The van der Waals surface area contributed by atoms with E-state index in [2.05, 4.69) is 27.9 Å². The average molecular weight is 245 g/mol. The molecule has 0 aliphatic carbocycles. The zero-order valence-electron chi connectivity index (χ0n) is 10.9. The zero-order valence-corrected chi connectivity index (χ0v) is 10.9. The minimum atomic E-state index is 0.801. The quantitative estimate of drug-likeness (QED) is 0.797. The van der Waals surface area contributed by atoms with Crippen molar-refractivity contribution in [1.82, 2.24) is 4.98 Å². The molecule has 1 aromatic heterocycles. The van der Waals surface area contributed by atoms with Crippen LogP contribution in [-0.2, 0) is 4.74 Å². The average Bonchev–Trinajstić information content (AvgIpc) is 2.93. The van der Waals surface area contributed by atoms with E-state index in [-0.39, 0.29) is 0 Å². The van der Waals surface area contributed by atoms with Crippen LogP contribution in [0.4, 0.5) is 5.82 Å². The zero-order chi connectivity index (χ0) is 12.4. The summed E-state index contributed by atoms with van der Waals surface area (Å²) < 4.78 is 5.38. The summed E-state index contributed by atoms with van der Waals surface area (Å²) in [6.45, 7) is 6.59. The van der Waals surface area contributed by atoms with Crippen molar-refractivity contribution < 1.29 is 4.74 Å². The molecule has 96 valence electrons. The van der Waals surface area contributed by atoms with Crippen molar-refractivity contribution in [1.29, 1.82) is 0 Å². The van der Waals surface area contributed by atoms with E-state index in [1.54, 1.807) is 0 Å². The number of ether oxygens (including phenoxy) is 1. The number of aliphatic imine (C=N–C) groups is 1. The Morgan fingerprint density at radius 2 is 2.11 bits per heavy atom. The molecular formula is C14H19N3O. The Balaban J connectivity index is 1.84. The number of aromatic nitrogens is 1. The van der Waals surface area contributed by atoms with Crippen LogP contribution in [0.5, 0.6) is 0 Å². The fourth-order valence-electron chi connectivity index (χ4n) is 2.61. The molecule has 0 atom stereocenters. The van der Waals surface area contributed by atoms with Gasteiger partial charge in [-0.1, -0.05) is 0 Å². The van der Waals surface area contributed by atoms with Gasteiger partial charge in [0.1, 0.15) is 5.82 Å². The monoisotopic (exact) mass is 245 g/mol. The third kappa shape index (κ3) is 2.25. The van der Waals surface area contributed by atoms with Gasteiger partial charge in [-0.25, -0.2) is 4.98 Å². The minimum Gasteiger partial charge on any atom is -0.378 e. The minimum absolute atomic E-state index is 0.801. The van der Waals surface area contributed by atoms with Crippen molar-refractivity contribution in [2.24, 2.45) is 4.99 Å². The third-order valence-electron chi connectivity index (χ3n) is 3.57. The number of pyridine rings is 1. The highest BCUT2D eigenvalue weighted by Gasteiger charge is 2.16. The Hall–Kier alpha value is -1.42. The van der Waals surface area contributed by atoms with Crippen LogP contribution < -0.4 is 4.90 Å². The molecule has 0 aromatic carbocycles. The number of rotatable bonds is 2. The maximum Gasteiger partial charge on any atom is 0.131 e. The Kier molecular flexibility index (Phi) is 3.28. The first-order chi connectivity index (χ1) is 8.84. The SMILES string of the molecule is Cc1cc(C2=NCCC2)cnc1N1CCOCC1. The van der Waals surface area contributed by atoms with Crippen LogP contribution in [0.15, 0.2) is 17.3 Å². The fraction of sp³-hybridized carbons (Fsp3) is 0.571. The molecule has 1 fully saturated rings. The number of hydrogen-bond acceptors (Lipinski definition) is 4. The fourth-order valence-corrected chi connectivity index (χ4v) is 2.61.